The van der Waals surface area contributed by atoms with Crippen molar-refractivity contribution in [3.05, 3.63) is 77.1 Å². The Hall–Kier alpha value is -3.42. The third-order valence-corrected chi connectivity index (χ3v) is 11.7. The lowest BCUT2D eigenvalue weighted by molar-refractivity contribution is -0.113. The second-order valence-electron chi connectivity index (χ2n) is 13.3. The number of rotatable bonds is 22. The smallest absolute Gasteiger partial charge is 0.314 e. The maximum atomic E-state index is 13.7. The molecule has 0 spiro atoms. The zero-order chi connectivity index (χ0) is 38.9. The highest BCUT2D eigenvalue weighted by molar-refractivity contribution is 7.89. The number of benzene rings is 2. The summed E-state index contributed by atoms with van der Waals surface area (Å²) >= 11 is 6.57. The number of para-hydroxylation sites is 1. The van der Waals surface area contributed by atoms with Gasteiger partial charge in [-0.25, -0.2) is 13.2 Å². The highest BCUT2D eigenvalue weighted by Gasteiger charge is 2.48. The molecule has 0 radical (unpaired) electrons. The molecule has 17 heteroatoms. The van der Waals surface area contributed by atoms with E-state index in [9.17, 15) is 33.6 Å². The molecule has 15 nitrogen and oxygen atoms in total. The van der Waals surface area contributed by atoms with Crippen LogP contribution in [0.4, 0.5) is 4.79 Å². The van der Waals surface area contributed by atoms with Crippen LogP contribution in [0.1, 0.15) is 43.7 Å². The van der Waals surface area contributed by atoms with E-state index in [4.69, 9.17) is 30.9 Å². The van der Waals surface area contributed by atoms with E-state index in [0.29, 0.717) is 10.6 Å². The number of hydrogen-bond donors (Lipinski definition) is 7. The molecule has 54 heavy (non-hydrogen) atoms. The second-order valence-corrected chi connectivity index (χ2v) is 15.7. The first-order valence-electron chi connectivity index (χ1n) is 18.0. The molecule has 2 aliphatic rings. The summed E-state index contributed by atoms with van der Waals surface area (Å²) in [6.07, 6.45) is 0.576. The molecule has 0 aliphatic heterocycles. The van der Waals surface area contributed by atoms with Crippen molar-refractivity contribution < 1.29 is 53.0 Å². The standard InChI is InChI=1S/C37H49ClN4O11S/c1-2-42(16-18-51-17-15-40-36(48)41-21-31(44)34(46)35(47)32(45)22-43)54(49,50)26-9-10-30(38)24(19-26)23-52-37(12-13-37)29-20-39-14-11-27(29)28-5-3-4-6-33(28)53-25-7-8-25/h3-6,9-11,14,19-20,25,31-32,34-35,43-47H,2,7-8,12-13,15-18,21-23H2,1H3,(H2,40,41,48). The minimum atomic E-state index is -3.93. The van der Waals surface area contributed by atoms with Crippen LogP contribution >= 0.6 is 11.6 Å². The van der Waals surface area contributed by atoms with E-state index in [2.05, 4.69) is 15.6 Å². The summed E-state index contributed by atoms with van der Waals surface area (Å²) in [4.78, 5) is 16.5. The summed E-state index contributed by atoms with van der Waals surface area (Å²) in [5.41, 5.74) is 2.82. The van der Waals surface area contributed by atoms with E-state index in [1.807, 2.05) is 36.5 Å². The van der Waals surface area contributed by atoms with E-state index in [1.54, 1.807) is 19.2 Å². The molecule has 3 aromatic rings. The molecule has 0 saturated heterocycles. The first kappa shape index (κ1) is 41.7. The number of hydrogen-bond acceptors (Lipinski definition) is 12. The van der Waals surface area contributed by atoms with E-state index >= 15 is 0 Å². The highest BCUT2D eigenvalue weighted by Crippen LogP contribution is 2.53. The summed E-state index contributed by atoms with van der Waals surface area (Å²) in [5, 5.41) is 52.8. The fourth-order valence-electron chi connectivity index (χ4n) is 5.84. The third-order valence-electron chi connectivity index (χ3n) is 9.34. The van der Waals surface area contributed by atoms with Gasteiger partial charge in [-0.05, 0) is 67.1 Å². The van der Waals surface area contributed by atoms with Crippen LogP contribution in [0, 0.1) is 0 Å². The maximum absolute atomic E-state index is 13.7. The fraction of sp³-hybridized carbons (Fsp3) is 0.514. The molecule has 4 atom stereocenters. The lowest BCUT2D eigenvalue weighted by Gasteiger charge is -2.25. The number of aliphatic hydroxyl groups excluding tert-OH is 5. The summed E-state index contributed by atoms with van der Waals surface area (Å²) in [6, 6.07) is 13.8. The monoisotopic (exact) mass is 792 g/mol. The van der Waals surface area contributed by atoms with Gasteiger partial charge >= 0.3 is 6.03 Å². The van der Waals surface area contributed by atoms with Gasteiger partial charge in [0, 0.05) is 54.7 Å². The molecule has 7 N–H and O–H groups in total. The fourth-order valence-corrected chi connectivity index (χ4v) is 7.50. The number of halogens is 1. The number of aliphatic hydroxyl groups is 5. The number of nitrogens with one attached hydrogen (secondary N) is 2. The molecular weight excluding hydrogens is 744 g/mol. The van der Waals surface area contributed by atoms with Crippen molar-refractivity contribution in [2.45, 2.75) is 80.2 Å². The van der Waals surface area contributed by atoms with Crippen LogP contribution in [-0.4, -0.2) is 126 Å². The molecular formula is C37H49ClN4O11S. The minimum absolute atomic E-state index is 0.0424. The van der Waals surface area contributed by atoms with Gasteiger partial charge < -0.3 is 50.4 Å². The quantitative estimate of drug-likeness (QED) is 0.0726. The van der Waals surface area contributed by atoms with Gasteiger partial charge in [0.2, 0.25) is 10.0 Å². The van der Waals surface area contributed by atoms with Gasteiger partial charge in [0.05, 0.1) is 49.1 Å². The normalized spacial score (nSPS) is 17.4. The summed E-state index contributed by atoms with van der Waals surface area (Å²) in [7, 11) is -3.93. The van der Waals surface area contributed by atoms with E-state index in [1.165, 1.54) is 16.4 Å². The van der Waals surface area contributed by atoms with Crippen molar-refractivity contribution in [3.8, 4) is 16.9 Å². The van der Waals surface area contributed by atoms with E-state index in [0.717, 1.165) is 48.1 Å². The van der Waals surface area contributed by atoms with Gasteiger partial charge in [0.1, 0.15) is 24.1 Å². The number of urea groups is 1. The summed E-state index contributed by atoms with van der Waals surface area (Å²) in [5.74, 6) is 0.821. The van der Waals surface area contributed by atoms with Gasteiger partial charge in [-0.3, -0.25) is 4.98 Å². The largest absolute Gasteiger partial charge is 0.490 e. The highest BCUT2D eigenvalue weighted by atomic mass is 35.5. The molecule has 0 bridgehead atoms. The Morgan fingerprint density at radius 1 is 1.02 bits per heavy atom. The lowest BCUT2D eigenvalue weighted by atomic mass is 9.96. The molecule has 2 aromatic carbocycles. The number of aromatic nitrogens is 1. The average molecular weight is 793 g/mol. The molecule has 1 heterocycles. The minimum Gasteiger partial charge on any atom is -0.490 e. The van der Waals surface area contributed by atoms with Gasteiger partial charge in [-0.1, -0.05) is 36.7 Å². The third kappa shape index (κ3) is 10.7. The Morgan fingerprint density at radius 3 is 2.46 bits per heavy atom. The Morgan fingerprint density at radius 2 is 1.76 bits per heavy atom. The topological polar surface area (TPSA) is 220 Å². The number of carbonyl (C=O) groups excluding carboxylic acids is 1. The van der Waals surface area contributed by atoms with Crippen molar-refractivity contribution >= 4 is 27.7 Å². The van der Waals surface area contributed by atoms with Crippen molar-refractivity contribution in [1.82, 2.24) is 19.9 Å². The molecule has 2 saturated carbocycles. The average Bonchev–Trinajstić information content (AvgIpc) is 4.13. The first-order chi connectivity index (χ1) is 25.9. The van der Waals surface area contributed by atoms with Crippen LogP contribution in [-0.2, 0) is 31.7 Å². The lowest BCUT2D eigenvalue weighted by Crippen LogP contribution is -2.50. The number of likely N-dealkylation sites (N-methyl/N-ethyl adjacent to an activating group) is 1. The van der Waals surface area contributed by atoms with Crippen LogP contribution < -0.4 is 15.4 Å². The Balaban J connectivity index is 1.12. The van der Waals surface area contributed by atoms with Crippen LogP contribution in [0.5, 0.6) is 5.75 Å². The van der Waals surface area contributed by atoms with Crippen LogP contribution in [0.3, 0.4) is 0 Å². The Labute approximate surface area is 319 Å². The molecule has 296 valence electrons. The summed E-state index contributed by atoms with van der Waals surface area (Å²) in [6.45, 7) is 0.917. The number of sulfonamides is 1. The van der Waals surface area contributed by atoms with E-state index in [-0.39, 0.29) is 50.5 Å². The maximum Gasteiger partial charge on any atom is 0.314 e. The van der Waals surface area contributed by atoms with E-state index < -0.39 is 59.2 Å². The first-order valence-corrected chi connectivity index (χ1v) is 19.8. The number of nitrogens with zero attached hydrogens (tertiary/aromatic N) is 2. The predicted molar refractivity (Wildman–Crippen MR) is 198 cm³/mol. The zero-order valence-corrected chi connectivity index (χ0v) is 31.6. The number of pyridine rings is 1. The van der Waals surface area contributed by atoms with Crippen molar-refractivity contribution in [2.75, 3.05) is 46.0 Å². The Bertz CT molecular complexity index is 1810. The van der Waals surface area contributed by atoms with Gasteiger partial charge in [-0.15, -0.1) is 0 Å². The Kier molecular flexibility index (Phi) is 14.6. The molecule has 5 rings (SSSR count). The second kappa shape index (κ2) is 18.9. The number of ether oxygens (including phenoxy) is 3. The van der Waals surface area contributed by atoms with Crippen LogP contribution in [0.15, 0.2) is 65.8 Å². The van der Waals surface area contributed by atoms with Crippen molar-refractivity contribution in [1.29, 1.82) is 0 Å². The summed E-state index contributed by atoms with van der Waals surface area (Å²) < 4.78 is 46.9. The predicted octanol–water partition coefficient (Wildman–Crippen LogP) is 1.91. The van der Waals surface area contributed by atoms with Gasteiger partial charge in [0.15, 0.2) is 0 Å². The molecule has 2 fully saturated rings. The van der Waals surface area contributed by atoms with Gasteiger partial charge in [-0.2, -0.15) is 4.31 Å². The number of amides is 2. The van der Waals surface area contributed by atoms with Crippen molar-refractivity contribution in [3.63, 3.8) is 0 Å². The molecule has 1 aromatic heterocycles. The zero-order valence-electron chi connectivity index (χ0n) is 30.0. The van der Waals surface area contributed by atoms with Crippen molar-refractivity contribution in [2.24, 2.45) is 0 Å². The van der Waals surface area contributed by atoms with Crippen LogP contribution in [0.2, 0.25) is 5.02 Å². The van der Waals surface area contributed by atoms with Gasteiger partial charge in [0.25, 0.3) is 0 Å². The van der Waals surface area contributed by atoms with Crippen LogP contribution in [0.25, 0.3) is 11.1 Å². The number of carbonyl (C=O) groups is 1. The molecule has 2 amide bonds. The molecule has 4 unspecified atom stereocenters. The molecule has 2 aliphatic carbocycles. The SMILES string of the molecule is CCN(CCOCCNC(=O)NCC(O)C(O)C(O)C(O)CO)S(=O)(=O)c1ccc(Cl)c(COC2(c3cnccc3-c3ccccc3OC3CC3)CC2)c1.